The lowest BCUT2D eigenvalue weighted by atomic mass is 10.2. The second-order valence-corrected chi connectivity index (χ2v) is 6.30. The molecule has 3 amide bonds. The molecule has 126 valence electrons. The van der Waals surface area contributed by atoms with Gasteiger partial charge in [0.25, 0.3) is 5.91 Å². The van der Waals surface area contributed by atoms with Crippen LogP contribution in [0.5, 0.6) is 0 Å². The Morgan fingerprint density at radius 1 is 1.08 bits per heavy atom. The lowest BCUT2D eigenvalue weighted by Crippen LogP contribution is -2.40. The van der Waals surface area contributed by atoms with E-state index in [4.69, 9.17) is 11.6 Å². The second-order valence-electron chi connectivity index (χ2n) is 4.95. The van der Waals surface area contributed by atoms with Gasteiger partial charge in [-0.25, -0.2) is 0 Å². The molecule has 2 rings (SSSR count). The van der Waals surface area contributed by atoms with Crippen molar-refractivity contribution in [2.75, 3.05) is 18.4 Å². The molecule has 0 unspecified atom stereocenters. The first kappa shape index (κ1) is 18.0. The zero-order valence-electron chi connectivity index (χ0n) is 12.9. The van der Waals surface area contributed by atoms with Gasteiger partial charge < -0.3 is 16.0 Å². The van der Waals surface area contributed by atoms with Crippen molar-refractivity contribution in [2.45, 2.75) is 6.92 Å². The van der Waals surface area contributed by atoms with E-state index >= 15 is 0 Å². The number of benzene rings is 1. The van der Waals surface area contributed by atoms with Crippen LogP contribution in [0.4, 0.5) is 5.69 Å². The molecule has 0 atom stereocenters. The summed E-state index contributed by atoms with van der Waals surface area (Å²) in [6.45, 7) is 1.47. The van der Waals surface area contributed by atoms with Gasteiger partial charge in [-0.1, -0.05) is 23.7 Å². The fourth-order valence-electron chi connectivity index (χ4n) is 1.77. The van der Waals surface area contributed by atoms with Gasteiger partial charge in [-0.05, 0) is 36.1 Å². The number of hydrogen-bond donors (Lipinski definition) is 3. The van der Waals surface area contributed by atoms with E-state index in [1.165, 1.54) is 11.3 Å². The van der Waals surface area contributed by atoms with E-state index in [1.807, 2.05) is 6.92 Å². The molecule has 24 heavy (non-hydrogen) atoms. The van der Waals surface area contributed by atoms with Crippen molar-refractivity contribution >= 4 is 46.3 Å². The summed E-state index contributed by atoms with van der Waals surface area (Å²) in [7, 11) is 0. The number of amides is 3. The Balaban J connectivity index is 1.72. The van der Waals surface area contributed by atoms with Crippen LogP contribution in [-0.4, -0.2) is 30.8 Å². The maximum absolute atomic E-state index is 11.8. The topological polar surface area (TPSA) is 87.3 Å². The van der Waals surface area contributed by atoms with E-state index in [0.717, 1.165) is 5.56 Å². The van der Waals surface area contributed by atoms with Crippen molar-refractivity contribution in [1.82, 2.24) is 10.6 Å². The summed E-state index contributed by atoms with van der Waals surface area (Å²) in [5.74, 6) is -1.15. The van der Waals surface area contributed by atoms with E-state index in [2.05, 4.69) is 16.0 Å². The molecule has 0 aliphatic heterocycles. The van der Waals surface area contributed by atoms with Gasteiger partial charge in [-0.15, -0.1) is 11.3 Å². The van der Waals surface area contributed by atoms with E-state index in [1.54, 1.807) is 35.7 Å². The Morgan fingerprint density at radius 2 is 1.83 bits per heavy atom. The number of rotatable bonds is 6. The Hall–Kier alpha value is -2.38. The highest BCUT2D eigenvalue weighted by Gasteiger charge is 2.10. The van der Waals surface area contributed by atoms with Crippen molar-refractivity contribution in [1.29, 1.82) is 0 Å². The highest BCUT2D eigenvalue weighted by molar-refractivity contribution is 7.12. The predicted molar refractivity (Wildman–Crippen MR) is 94.5 cm³/mol. The molecule has 2 aromatic rings. The van der Waals surface area contributed by atoms with Crippen molar-refractivity contribution in [3.63, 3.8) is 0 Å². The van der Waals surface area contributed by atoms with Crippen LogP contribution in [0.3, 0.4) is 0 Å². The summed E-state index contributed by atoms with van der Waals surface area (Å²) in [6, 6.07) is 8.57. The van der Waals surface area contributed by atoms with E-state index in [-0.39, 0.29) is 24.9 Å². The van der Waals surface area contributed by atoms with Gasteiger partial charge in [0, 0.05) is 10.7 Å². The number of carbonyl (C=O) groups excluding carboxylic acids is 3. The minimum absolute atomic E-state index is 0.194. The fraction of sp³-hybridized carbons (Fsp3) is 0.188. The quantitative estimate of drug-likeness (QED) is 0.733. The van der Waals surface area contributed by atoms with Crippen LogP contribution in [0.15, 0.2) is 35.7 Å². The minimum Gasteiger partial charge on any atom is -0.345 e. The third-order valence-electron chi connectivity index (χ3n) is 3.06. The van der Waals surface area contributed by atoms with Gasteiger partial charge in [0.15, 0.2) is 0 Å². The number of halogens is 1. The van der Waals surface area contributed by atoms with Crippen LogP contribution < -0.4 is 16.0 Å². The molecule has 6 nitrogen and oxygen atoms in total. The van der Waals surface area contributed by atoms with Gasteiger partial charge in [0.05, 0.1) is 18.0 Å². The van der Waals surface area contributed by atoms with Gasteiger partial charge in [0.1, 0.15) is 0 Å². The number of nitrogens with one attached hydrogen (secondary N) is 3. The average Bonchev–Trinajstić information content (AvgIpc) is 3.08. The van der Waals surface area contributed by atoms with Gasteiger partial charge >= 0.3 is 0 Å². The van der Waals surface area contributed by atoms with Gasteiger partial charge in [0.2, 0.25) is 11.8 Å². The van der Waals surface area contributed by atoms with Crippen LogP contribution in [0.1, 0.15) is 15.2 Å². The van der Waals surface area contributed by atoms with Gasteiger partial charge in [-0.2, -0.15) is 0 Å². The zero-order chi connectivity index (χ0) is 17.5. The highest BCUT2D eigenvalue weighted by atomic mass is 35.5. The second kappa shape index (κ2) is 8.47. The summed E-state index contributed by atoms with van der Waals surface area (Å²) >= 11 is 7.26. The Kier molecular flexibility index (Phi) is 6.34. The summed E-state index contributed by atoms with van der Waals surface area (Å²) in [5.41, 5.74) is 1.46. The molecule has 1 aromatic heterocycles. The van der Waals surface area contributed by atoms with E-state index in [0.29, 0.717) is 15.6 Å². The molecule has 0 aliphatic carbocycles. The highest BCUT2D eigenvalue weighted by Crippen LogP contribution is 2.19. The monoisotopic (exact) mass is 365 g/mol. The molecule has 8 heteroatoms. The van der Waals surface area contributed by atoms with Crippen LogP contribution in [-0.2, 0) is 9.59 Å². The van der Waals surface area contributed by atoms with Crippen molar-refractivity contribution < 1.29 is 14.4 Å². The first-order valence-corrected chi connectivity index (χ1v) is 8.36. The largest absolute Gasteiger partial charge is 0.345 e. The maximum atomic E-state index is 11.8. The number of aryl methyl sites for hydroxylation is 1. The smallest absolute Gasteiger partial charge is 0.261 e. The lowest BCUT2D eigenvalue weighted by Gasteiger charge is -2.08. The molecule has 0 bridgehead atoms. The standard InChI is InChI=1S/C16H16ClN3O3S/c1-10-4-5-11(7-12(10)17)20-15(22)9-18-14(21)8-19-16(23)13-3-2-6-24-13/h2-7H,8-9H2,1H3,(H,18,21)(H,19,23)(H,20,22). The SMILES string of the molecule is Cc1ccc(NC(=O)CNC(=O)CNC(=O)c2cccs2)cc1Cl. The number of hydrogen-bond acceptors (Lipinski definition) is 4. The maximum Gasteiger partial charge on any atom is 0.261 e. The molecule has 0 radical (unpaired) electrons. The fourth-order valence-corrected chi connectivity index (χ4v) is 2.59. The van der Waals surface area contributed by atoms with Crippen molar-refractivity contribution in [2.24, 2.45) is 0 Å². The Morgan fingerprint density at radius 3 is 2.50 bits per heavy atom. The van der Waals surface area contributed by atoms with Crippen molar-refractivity contribution in [3.8, 4) is 0 Å². The summed E-state index contributed by atoms with van der Waals surface area (Å²) in [5, 5.41) is 9.87. The van der Waals surface area contributed by atoms with Crippen LogP contribution in [0.25, 0.3) is 0 Å². The Bertz CT molecular complexity index is 747. The van der Waals surface area contributed by atoms with E-state index in [9.17, 15) is 14.4 Å². The van der Waals surface area contributed by atoms with Crippen LogP contribution in [0.2, 0.25) is 5.02 Å². The minimum atomic E-state index is -0.447. The average molecular weight is 366 g/mol. The molecule has 0 saturated carbocycles. The van der Waals surface area contributed by atoms with Gasteiger partial charge in [-0.3, -0.25) is 14.4 Å². The first-order valence-electron chi connectivity index (χ1n) is 7.10. The van der Waals surface area contributed by atoms with Crippen LogP contribution in [0, 0.1) is 6.92 Å². The molecular formula is C16H16ClN3O3S. The molecule has 3 N–H and O–H groups in total. The number of carbonyl (C=O) groups is 3. The third kappa shape index (κ3) is 5.36. The third-order valence-corrected chi connectivity index (χ3v) is 4.33. The van der Waals surface area contributed by atoms with Crippen LogP contribution >= 0.6 is 22.9 Å². The number of thiophene rings is 1. The Labute approximate surface area is 148 Å². The first-order chi connectivity index (χ1) is 11.5. The zero-order valence-corrected chi connectivity index (χ0v) is 14.5. The normalized spacial score (nSPS) is 10.1. The summed E-state index contributed by atoms with van der Waals surface area (Å²) in [4.78, 5) is 35.6. The summed E-state index contributed by atoms with van der Waals surface area (Å²) < 4.78 is 0. The molecular weight excluding hydrogens is 350 g/mol. The molecule has 1 heterocycles. The lowest BCUT2D eigenvalue weighted by molar-refractivity contribution is -0.123. The molecule has 0 saturated heterocycles. The number of anilines is 1. The molecule has 0 spiro atoms. The predicted octanol–water partition coefficient (Wildman–Crippen LogP) is 2.19. The van der Waals surface area contributed by atoms with E-state index < -0.39 is 5.91 Å². The molecule has 0 aliphatic rings. The molecule has 1 aromatic carbocycles. The summed E-state index contributed by atoms with van der Waals surface area (Å²) in [6.07, 6.45) is 0. The molecule has 0 fully saturated rings. The van der Waals surface area contributed by atoms with Crippen molar-refractivity contribution in [3.05, 3.63) is 51.2 Å².